The summed E-state index contributed by atoms with van der Waals surface area (Å²) in [5.74, 6) is -1.55. The summed E-state index contributed by atoms with van der Waals surface area (Å²) >= 11 is 0. The summed E-state index contributed by atoms with van der Waals surface area (Å²) in [6, 6.07) is 15.1. The quantitative estimate of drug-likeness (QED) is 0.137. The fourth-order valence-electron chi connectivity index (χ4n) is 3.35. The van der Waals surface area contributed by atoms with Crippen LogP contribution in [0.4, 0.5) is 5.69 Å². The summed E-state index contributed by atoms with van der Waals surface area (Å²) in [7, 11) is 0. The van der Waals surface area contributed by atoms with Crippen LogP contribution in [-0.4, -0.2) is 41.6 Å². The van der Waals surface area contributed by atoms with Crippen molar-refractivity contribution in [1.82, 2.24) is 5.32 Å². The minimum absolute atomic E-state index is 0.184. The zero-order valence-corrected chi connectivity index (χ0v) is 21.7. The second kappa shape index (κ2) is 18.8. The first kappa shape index (κ1) is 31.6. The van der Waals surface area contributed by atoms with E-state index in [9.17, 15) is 14.4 Å². The summed E-state index contributed by atoms with van der Waals surface area (Å²) in [6.07, 6.45) is 5.87. The maximum atomic E-state index is 11.6. The molecule has 2 aromatic rings. The van der Waals surface area contributed by atoms with Gasteiger partial charge in [-0.3, -0.25) is 9.59 Å². The SMILES string of the molecule is CCCCCC(=O)NC(Cc1ccccc1)C(=O)O.NCCCCC(N)C(=O)OCc1ccc(N)cc1. The van der Waals surface area contributed by atoms with Crippen LogP contribution in [0.5, 0.6) is 0 Å². The molecule has 2 aromatic carbocycles. The van der Waals surface area contributed by atoms with E-state index in [4.69, 9.17) is 27.0 Å². The van der Waals surface area contributed by atoms with Crippen molar-refractivity contribution in [2.75, 3.05) is 12.3 Å². The van der Waals surface area contributed by atoms with Crippen LogP contribution < -0.4 is 22.5 Å². The molecule has 0 aliphatic rings. The van der Waals surface area contributed by atoms with E-state index in [0.29, 0.717) is 31.5 Å². The second-order valence-corrected chi connectivity index (χ2v) is 8.85. The number of nitrogens with two attached hydrogens (primary N) is 3. The molecule has 9 heteroatoms. The zero-order chi connectivity index (χ0) is 27.5. The summed E-state index contributed by atoms with van der Waals surface area (Å²) in [6.45, 7) is 2.91. The summed E-state index contributed by atoms with van der Waals surface area (Å²) in [5, 5.41) is 11.7. The highest BCUT2D eigenvalue weighted by Crippen LogP contribution is 2.08. The molecule has 0 heterocycles. The molecule has 2 rings (SSSR count). The van der Waals surface area contributed by atoms with Gasteiger partial charge >= 0.3 is 11.9 Å². The average Bonchev–Trinajstić information content (AvgIpc) is 2.89. The highest BCUT2D eigenvalue weighted by atomic mass is 16.5. The van der Waals surface area contributed by atoms with Gasteiger partial charge in [-0.15, -0.1) is 0 Å². The standard InChI is InChI=1S/C15H21NO3.C13H21N3O2/c1-2-3-5-10-14(17)16-13(15(18)19)11-12-8-6-4-7-9-12;14-8-2-1-3-12(16)13(17)18-9-10-4-6-11(15)7-5-10/h4,6-9,13H,2-3,5,10-11H2,1H3,(H,16,17)(H,18,19);4-7,12H,1-3,8-9,14-16H2. The van der Waals surface area contributed by atoms with E-state index >= 15 is 0 Å². The smallest absolute Gasteiger partial charge is 0.326 e. The number of carboxylic acids is 1. The monoisotopic (exact) mass is 514 g/mol. The molecule has 37 heavy (non-hydrogen) atoms. The Morgan fingerprint density at radius 3 is 2.22 bits per heavy atom. The van der Waals surface area contributed by atoms with Gasteiger partial charge in [-0.2, -0.15) is 0 Å². The largest absolute Gasteiger partial charge is 0.480 e. The van der Waals surface area contributed by atoms with Gasteiger partial charge in [0.2, 0.25) is 5.91 Å². The van der Waals surface area contributed by atoms with E-state index in [1.54, 1.807) is 12.1 Å². The Balaban J connectivity index is 0.000000371. The first-order valence-corrected chi connectivity index (χ1v) is 12.8. The first-order valence-electron chi connectivity index (χ1n) is 12.8. The third kappa shape index (κ3) is 14.7. The minimum atomic E-state index is -0.993. The molecule has 0 aromatic heterocycles. The number of aliphatic carboxylic acids is 1. The number of nitrogen functional groups attached to an aromatic ring is 1. The van der Waals surface area contributed by atoms with Crippen molar-refractivity contribution >= 4 is 23.5 Å². The van der Waals surface area contributed by atoms with Gasteiger partial charge in [0, 0.05) is 18.5 Å². The van der Waals surface area contributed by atoms with Crippen molar-refractivity contribution in [3.63, 3.8) is 0 Å². The highest BCUT2D eigenvalue weighted by Gasteiger charge is 2.20. The normalized spacial score (nSPS) is 12.0. The molecule has 1 amide bonds. The van der Waals surface area contributed by atoms with Crippen LogP contribution in [0.15, 0.2) is 54.6 Å². The van der Waals surface area contributed by atoms with E-state index in [2.05, 4.69) is 12.2 Å². The molecule has 8 N–H and O–H groups in total. The van der Waals surface area contributed by atoms with Gasteiger partial charge < -0.3 is 32.4 Å². The van der Waals surface area contributed by atoms with Crippen molar-refractivity contribution in [2.45, 2.75) is 77.0 Å². The first-order chi connectivity index (χ1) is 17.8. The molecule has 0 fully saturated rings. The Morgan fingerprint density at radius 2 is 1.62 bits per heavy atom. The summed E-state index contributed by atoms with van der Waals surface area (Å²) < 4.78 is 5.12. The fraction of sp³-hybridized carbons (Fsp3) is 0.464. The Morgan fingerprint density at radius 1 is 0.946 bits per heavy atom. The van der Waals surface area contributed by atoms with Gasteiger partial charge in [0.25, 0.3) is 0 Å². The molecule has 2 unspecified atom stereocenters. The summed E-state index contributed by atoms with van der Waals surface area (Å²) in [4.78, 5) is 34.4. The molecule has 9 nitrogen and oxygen atoms in total. The fourth-order valence-corrected chi connectivity index (χ4v) is 3.35. The number of unbranched alkanes of at least 4 members (excludes halogenated alkanes) is 3. The van der Waals surface area contributed by atoms with Crippen molar-refractivity contribution in [2.24, 2.45) is 11.5 Å². The molecule has 0 bridgehead atoms. The van der Waals surface area contributed by atoms with Gasteiger partial charge in [-0.25, -0.2) is 4.79 Å². The zero-order valence-electron chi connectivity index (χ0n) is 21.7. The van der Waals surface area contributed by atoms with E-state index < -0.39 is 18.1 Å². The number of esters is 1. The number of ether oxygens (including phenoxy) is 1. The topological polar surface area (TPSA) is 171 Å². The van der Waals surface area contributed by atoms with Crippen LogP contribution in [0.2, 0.25) is 0 Å². The molecule has 204 valence electrons. The number of anilines is 1. The molecule has 0 aliphatic carbocycles. The lowest BCUT2D eigenvalue weighted by molar-refractivity contribution is -0.146. The molecule has 2 atom stereocenters. The predicted octanol–water partition coefficient (Wildman–Crippen LogP) is 3.15. The van der Waals surface area contributed by atoms with E-state index in [1.165, 1.54) is 0 Å². The number of nitrogens with one attached hydrogen (secondary N) is 1. The van der Waals surface area contributed by atoms with Crippen molar-refractivity contribution in [1.29, 1.82) is 0 Å². The van der Waals surface area contributed by atoms with Crippen LogP contribution in [0.1, 0.15) is 63.0 Å². The van der Waals surface area contributed by atoms with E-state index in [-0.39, 0.29) is 18.5 Å². The third-order valence-electron chi connectivity index (χ3n) is 5.56. The number of amides is 1. The predicted molar refractivity (Wildman–Crippen MR) is 145 cm³/mol. The van der Waals surface area contributed by atoms with Gasteiger partial charge in [0.15, 0.2) is 0 Å². The molecular formula is C28H42N4O5. The number of rotatable bonds is 15. The summed E-state index contributed by atoms with van der Waals surface area (Å²) in [5.41, 5.74) is 19.1. The third-order valence-corrected chi connectivity index (χ3v) is 5.56. The lowest BCUT2D eigenvalue weighted by atomic mass is 10.1. The lowest BCUT2D eigenvalue weighted by Gasteiger charge is -2.14. The minimum Gasteiger partial charge on any atom is -0.480 e. The van der Waals surface area contributed by atoms with Crippen molar-refractivity contribution in [3.05, 3.63) is 65.7 Å². The Hall–Kier alpha value is -3.43. The van der Waals surface area contributed by atoms with Gasteiger partial charge in [-0.1, -0.05) is 68.7 Å². The van der Waals surface area contributed by atoms with Crippen LogP contribution in [0, 0.1) is 0 Å². The molecule has 0 aliphatic heterocycles. The molecule has 0 saturated heterocycles. The Kier molecular flexibility index (Phi) is 16.0. The van der Waals surface area contributed by atoms with Gasteiger partial charge in [0.1, 0.15) is 18.7 Å². The molecular weight excluding hydrogens is 472 g/mol. The van der Waals surface area contributed by atoms with Crippen LogP contribution in [0.25, 0.3) is 0 Å². The number of hydrogen-bond acceptors (Lipinski definition) is 7. The van der Waals surface area contributed by atoms with Gasteiger partial charge in [-0.05, 0) is 49.1 Å². The highest BCUT2D eigenvalue weighted by molar-refractivity contribution is 5.83. The van der Waals surface area contributed by atoms with Crippen LogP contribution in [-0.2, 0) is 32.1 Å². The molecule has 0 radical (unpaired) electrons. The maximum Gasteiger partial charge on any atom is 0.326 e. The number of carbonyl (C=O) groups excluding carboxylic acids is 2. The number of carbonyl (C=O) groups is 3. The second-order valence-electron chi connectivity index (χ2n) is 8.85. The van der Waals surface area contributed by atoms with Crippen LogP contribution in [0.3, 0.4) is 0 Å². The number of carboxylic acid groups (broad SMARTS) is 1. The Bertz CT molecular complexity index is 922. The Labute approximate surface area is 219 Å². The van der Waals surface area contributed by atoms with Crippen LogP contribution >= 0.6 is 0 Å². The van der Waals surface area contributed by atoms with Gasteiger partial charge in [0.05, 0.1) is 0 Å². The number of hydrogen-bond donors (Lipinski definition) is 5. The lowest BCUT2D eigenvalue weighted by Crippen LogP contribution is -2.42. The average molecular weight is 515 g/mol. The van der Waals surface area contributed by atoms with Crippen molar-refractivity contribution in [3.8, 4) is 0 Å². The molecule has 0 spiro atoms. The van der Waals surface area contributed by atoms with E-state index in [0.717, 1.165) is 43.2 Å². The van der Waals surface area contributed by atoms with Crippen molar-refractivity contribution < 1.29 is 24.2 Å². The molecule has 0 saturated carbocycles. The number of benzene rings is 2. The van der Waals surface area contributed by atoms with E-state index in [1.807, 2.05) is 42.5 Å². The maximum absolute atomic E-state index is 11.6.